The first-order chi connectivity index (χ1) is 19.1. The maximum Gasteiger partial charge on any atom is 0.228 e. The number of aliphatic imine (C=N–C) groups is 1. The summed E-state index contributed by atoms with van der Waals surface area (Å²) in [5, 5.41) is 3.28. The van der Waals surface area contributed by atoms with Crippen molar-refractivity contribution in [2.24, 2.45) is 28.7 Å². The van der Waals surface area contributed by atoms with E-state index < -0.39 is 5.54 Å². The molecule has 7 heteroatoms. The van der Waals surface area contributed by atoms with E-state index in [0.717, 1.165) is 40.4 Å². The van der Waals surface area contributed by atoms with Gasteiger partial charge >= 0.3 is 0 Å². The quantitative estimate of drug-likeness (QED) is 0.390. The van der Waals surface area contributed by atoms with Gasteiger partial charge in [0, 0.05) is 24.0 Å². The molecule has 0 aromatic carbocycles. The third kappa shape index (κ3) is 4.46. The smallest absolute Gasteiger partial charge is 0.228 e. The van der Waals surface area contributed by atoms with Crippen LogP contribution in [0.3, 0.4) is 0 Å². The van der Waals surface area contributed by atoms with E-state index in [2.05, 4.69) is 62.0 Å². The highest BCUT2D eigenvalue weighted by atomic mass is 19.1. The van der Waals surface area contributed by atoms with Crippen molar-refractivity contribution in [2.75, 3.05) is 5.32 Å². The van der Waals surface area contributed by atoms with Gasteiger partial charge in [-0.15, -0.1) is 0 Å². The molecule has 2 aromatic rings. The normalized spacial score (nSPS) is 29.9. The van der Waals surface area contributed by atoms with Crippen molar-refractivity contribution in [1.29, 1.82) is 0 Å². The molecule has 2 fully saturated rings. The van der Waals surface area contributed by atoms with E-state index in [1.165, 1.54) is 31.2 Å². The van der Waals surface area contributed by atoms with Gasteiger partial charge in [-0.2, -0.15) is 0 Å². The summed E-state index contributed by atoms with van der Waals surface area (Å²) >= 11 is 0. The maximum atomic E-state index is 15.4. The molecule has 40 heavy (non-hydrogen) atoms. The van der Waals surface area contributed by atoms with Crippen molar-refractivity contribution in [3.8, 4) is 0 Å². The molecule has 3 heterocycles. The van der Waals surface area contributed by atoms with Crippen molar-refractivity contribution in [3.05, 3.63) is 59.3 Å². The lowest BCUT2D eigenvalue weighted by Crippen LogP contribution is -2.45. The monoisotopic (exact) mass is 542 g/mol. The van der Waals surface area contributed by atoms with Gasteiger partial charge in [-0.3, -0.25) is 4.99 Å². The lowest BCUT2D eigenvalue weighted by Gasteiger charge is -2.35. The first-order valence-corrected chi connectivity index (χ1v) is 15.1. The Morgan fingerprint density at radius 2 is 1.70 bits per heavy atom. The molecule has 212 valence electrons. The first-order valence-electron chi connectivity index (χ1n) is 15.1. The fourth-order valence-corrected chi connectivity index (χ4v) is 7.73. The zero-order chi connectivity index (χ0) is 28.3. The number of fused-ring (bicyclic) bond motifs is 1. The maximum absolute atomic E-state index is 15.4. The number of amidine groups is 1. The minimum atomic E-state index is -0.417. The van der Waals surface area contributed by atoms with Crippen LogP contribution in [0.4, 0.5) is 16.2 Å². The Morgan fingerprint density at radius 1 is 0.975 bits per heavy atom. The summed E-state index contributed by atoms with van der Waals surface area (Å²) in [5.41, 5.74) is 3.30. The largest absolute Gasteiger partial charge is 0.346 e. The molecular weight excluding hydrogens is 499 g/mol. The number of nitrogens with one attached hydrogen (secondary N) is 1. The van der Waals surface area contributed by atoms with E-state index in [9.17, 15) is 0 Å². The van der Waals surface area contributed by atoms with Gasteiger partial charge in [0.1, 0.15) is 11.6 Å². The number of hydrogen-bond donors (Lipinski definition) is 1. The number of hydrogen-bond acceptors (Lipinski definition) is 6. The standard InChI is InChI=1S/C33H43FN6/c1-18(2)23-8-10-24(11-9-23)21(6)25-12-13-28(35-17-25)38-32-36-16-20(5)30(39-32)26-14-27(34)29-31-33(29,15-26)40(19(3)4)22(7)37-31/h12-19,21,23-24,29,31H,8-11H2,1-7H3,(H,35,36,38,39). The second-order valence-corrected chi connectivity index (χ2v) is 13.1. The number of halogens is 1. The summed E-state index contributed by atoms with van der Waals surface area (Å²) in [4.78, 5) is 21.1. The Bertz CT molecular complexity index is 1370. The number of pyridine rings is 1. The number of aryl methyl sites for hydroxylation is 1. The summed E-state index contributed by atoms with van der Waals surface area (Å²) in [6.07, 6.45) is 12.9. The SMILES string of the molecule is CC1=NC2C3C(F)=CC(c4nc(Nc5ccc(C(C)C6CCC(C(C)C)CC6)cn5)ncc4C)=CC23N1C(C)C. The molecule has 0 saturated heterocycles. The van der Waals surface area contributed by atoms with E-state index in [-0.39, 0.29) is 23.8 Å². The van der Waals surface area contributed by atoms with Crippen LogP contribution in [0.5, 0.6) is 0 Å². The summed E-state index contributed by atoms with van der Waals surface area (Å²) in [7, 11) is 0. The molecule has 4 unspecified atom stereocenters. The third-order valence-electron chi connectivity index (χ3n) is 10.0. The van der Waals surface area contributed by atoms with Crippen molar-refractivity contribution in [2.45, 2.75) is 97.7 Å². The van der Waals surface area contributed by atoms with E-state index in [1.807, 2.05) is 26.1 Å². The van der Waals surface area contributed by atoms with Crippen LogP contribution in [0.25, 0.3) is 5.57 Å². The molecule has 4 aliphatic rings. The van der Waals surface area contributed by atoms with Crippen LogP contribution < -0.4 is 5.32 Å². The predicted octanol–water partition coefficient (Wildman–Crippen LogP) is 7.62. The molecule has 0 radical (unpaired) electrons. The van der Waals surface area contributed by atoms with Gasteiger partial charge in [0.15, 0.2) is 0 Å². The highest BCUT2D eigenvalue weighted by Gasteiger charge is 2.74. The average molecular weight is 543 g/mol. The molecule has 1 spiro atoms. The summed E-state index contributed by atoms with van der Waals surface area (Å²) < 4.78 is 15.4. The predicted molar refractivity (Wildman–Crippen MR) is 160 cm³/mol. The van der Waals surface area contributed by atoms with Crippen LogP contribution in [0.1, 0.15) is 90.0 Å². The van der Waals surface area contributed by atoms with Gasteiger partial charge in [0.2, 0.25) is 5.95 Å². The molecule has 6 rings (SSSR count). The Hall–Kier alpha value is -3.09. The van der Waals surface area contributed by atoms with Crippen LogP contribution in [0.15, 0.2) is 47.5 Å². The molecule has 1 aliphatic heterocycles. The molecule has 3 aliphatic carbocycles. The minimum Gasteiger partial charge on any atom is -0.346 e. The van der Waals surface area contributed by atoms with Crippen LogP contribution in [-0.4, -0.2) is 43.3 Å². The third-order valence-corrected chi connectivity index (χ3v) is 10.0. The zero-order valence-corrected chi connectivity index (χ0v) is 24.9. The van der Waals surface area contributed by atoms with E-state index in [0.29, 0.717) is 17.7 Å². The first kappa shape index (κ1) is 27.1. The molecule has 2 aromatic heterocycles. The fraction of sp³-hybridized carbons (Fsp3) is 0.576. The second kappa shape index (κ2) is 10.1. The van der Waals surface area contributed by atoms with Crippen LogP contribution in [0.2, 0.25) is 0 Å². The summed E-state index contributed by atoms with van der Waals surface area (Å²) in [6, 6.07) is 4.38. The molecule has 2 saturated carbocycles. The highest BCUT2D eigenvalue weighted by Crippen LogP contribution is 2.63. The van der Waals surface area contributed by atoms with Crippen LogP contribution in [0, 0.1) is 30.6 Å². The van der Waals surface area contributed by atoms with Gasteiger partial charge in [0.05, 0.1) is 29.0 Å². The molecule has 0 amide bonds. The number of nitrogens with zero attached hydrogens (tertiary/aromatic N) is 5. The van der Waals surface area contributed by atoms with Gasteiger partial charge in [-0.25, -0.2) is 19.3 Å². The Labute approximate surface area is 238 Å². The van der Waals surface area contributed by atoms with E-state index in [1.54, 1.807) is 12.3 Å². The second-order valence-electron chi connectivity index (χ2n) is 13.1. The average Bonchev–Trinajstić information content (AvgIpc) is 3.46. The molecular formula is C33H43FN6. The van der Waals surface area contributed by atoms with Gasteiger partial charge < -0.3 is 10.2 Å². The number of aromatic nitrogens is 3. The molecule has 6 nitrogen and oxygen atoms in total. The van der Waals surface area contributed by atoms with Crippen LogP contribution >= 0.6 is 0 Å². The minimum absolute atomic E-state index is 0.0567. The zero-order valence-electron chi connectivity index (χ0n) is 24.9. The summed E-state index contributed by atoms with van der Waals surface area (Å²) in [6.45, 7) is 15.3. The lowest BCUT2D eigenvalue weighted by molar-refractivity contribution is 0.207. The Balaban J connectivity index is 1.18. The van der Waals surface area contributed by atoms with Crippen molar-refractivity contribution in [1.82, 2.24) is 19.9 Å². The lowest BCUT2D eigenvalue weighted by atomic mass is 9.72. The highest BCUT2D eigenvalue weighted by molar-refractivity contribution is 5.90. The van der Waals surface area contributed by atoms with Gasteiger partial charge in [-0.05, 0) is 106 Å². The molecule has 0 bridgehead atoms. The van der Waals surface area contributed by atoms with Crippen LogP contribution in [-0.2, 0) is 0 Å². The van der Waals surface area contributed by atoms with E-state index in [4.69, 9.17) is 15.0 Å². The topological polar surface area (TPSA) is 66.3 Å². The Morgan fingerprint density at radius 3 is 2.35 bits per heavy atom. The number of rotatable bonds is 7. The van der Waals surface area contributed by atoms with Gasteiger partial charge in [-0.1, -0.05) is 26.8 Å². The molecule has 1 N–H and O–H groups in total. The number of allylic oxidation sites excluding steroid dienone is 2. The fourth-order valence-electron chi connectivity index (χ4n) is 7.73. The summed E-state index contributed by atoms with van der Waals surface area (Å²) in [5.74, 6) is 4.73. The molecule has 4 atom stereocenters. The van der Waals surface area contributed by atoms with Crippen molar-refractivity contribution < 1.29 is 4.39 Å². The Kier molecular flexibility index (Phi) is 6.82. The number of anilines is 2. The van der Waals surface area contributed by atoms with E-state index >= 15 is 4.39 Å². The van der Waals surface area contributed by atoms with Crippen molar-refractivity contribution in [3.63, 3.8) is 0 Å². The van der Waals surface area contributed by atoms with Crippen molar-refractivity contribution >= 4 is 23.2 Å². The van der Waals surface area contributed by atoms with Gasteiger partial charge in [0.25, 0.3) is 0 Å².